The van der Waals surface area contributed by atoms with Crippen LogP contribution in [-0.4, -0.2) is 49.5 Å². The maximum Gasteiger partial charge on any atom is 0.351 e. The highest BCUT2D eigenvalue weighted by Crippen LogP contribution is 2.69. The van der Waals surface area contributed by atoms with Gasteiger partial charge in [-0.05, 0) is 11.6 Å². The Balaban J connectivity index is 2.06. The molecule has 0 unspecified atom stereocenters. The van der Waals surface area contributed by atoms with Gasteiger partial charge in [0.15, 0.2) is 5.60 Å². The van der Waals surface area contributed by atoms with Gasteiger partial charge < -0.3 is 20.7 Å². The van der Waals surface area contributed by atoms with Gasteiger partial charge in [0.2, 0.25) is 6.23 Å². The normalized spacial score (nSPS) is 38.2. The lowest BCUT2D eigenvalue weighted by Crippen LogP contribution is -2.46. The second kappa shape index (κ2) is 4.14. The number of aliphatic hydroxyl groups is 2. The lowest BCUT2D eigenvalue weighted by molar-refractivity contribution is -0.201. The van der Waals surface area contributed by atoms with Crippen LogP contribution in [0.5, 0.6) is 0 Å². The predicted octanol–water partition coefficient (Wildman–Crippen LogP) is -0.856. The van der Waals surface area contributed by atoms with Crippen LogP contribution in [0.15, 0.2) is 22.2 Å². The predicted molar refractivity (Wildman–Crippen MR) is 65.7 cm³/mol. The van der Waals surface area contributed by atoms with E-state index in [1.807, 2.05) is 0 Å². The molecule has 0 bridgehead atoms. The smallest absolute Gasteiger partial charge is 0.351 e. The highest BCUT2D eigenvalue weighted by Gasteiger charge is 2.94. The van der Waals surface area contributed by atoms with Crippen molar-refractivity contribution in [3.63, 3.8) is 0 Å². The Morgan fingerprint density at radius 3 is 2.91 bits per heavy atom. The number of nitrogens with two attached hydrogens (primary N) is 1. The number of aromatic nitrogens is 2. The van der Waals surface area contributed by atoms with Crippen molar-refractivity contribution in [2.24, 2.45) is 5.11 Å². The Bertz CT molecular complexity index is 749. The van der Waals surface area contributed by atoms with Gasteiger partial charge in [-0.25, -0.2) is 4.79 Å². The molecule has 12 heteroatoms. The minimum Gasteiger partial charge on any atom is -0.387 e. The molecule has 1 saturated heterocycles. The van der Waals surface area contributed by atoms with E-state index in [1.54, 1.807) is 0 Å². The van der Waals surface area contributed by atoms with Gasteiger partial charge in [-0.1, -0.05) is 5.11 Å². The first-order chi connectivity index (χ1) is 10.2. The summed E-state index contributed by atoms with van der Waals surface area (Å²) in [5.41, 5.74) is 7.32. The number of ether oxygens (including phenoxy) is 1. The Labute approximate surface area is 120 Å². The van der Waals surface area contributed by atoms with Crippen LogP contribution in [0.25, 0.3) is 10.4 Å². The zero-order chi connectivity index (χ0) is 16.3. The number of fused-ring (bicyclic) bond motifs is 1. The summed E-state index contributed by atoms with van der Waals surface area (Å²) in [7, 11) is 0. The molecule has 1 aliphatic heterocycles. The second-order valence-electron chi connectivity index (χ2n) is 5.08. The van der Waals surface area contributed by atoms with Gasteiger partial charge in [0.05, 0.1) is 6.54 Å². The maximum atomic E-state index is 14.4. The molecule has 10 nitrogen and oxygen atoms in total. The molecule has 4 atom stereocenters. The third kappa shape index (κ3) is 1.44. The summed E-state index contributed by atoms with van der Waals surface area (Å²) in [6.45, 7) is -0.718. The lowest BCUT2D eigenvalue weighted by Gasteiger charge is -2.26. The summed E-state index contributed by atoms with van der Waals surface area (Å²) in [6.07, 6.45) is -3.23. The number of hydrogen-bond donors (Lipinski definition) is 3. The fourth-order valence-electron chi connectivity index (χ4n) is 2.77. The Morgan fingerprint density at radius 2 is 2.32 bits per heavy atom. The molecule has 1 aromatic rings. The number of halogens is 2. The molecule has 1 aromatic heterocycles. The van der Waals surface area contributed by atoms with E-state index in [0.29, 0.717) is 4.57 Å². The third-order valence-corrected chi connectivity index (χ3v) is 4.01. The number of anilines is 1. The fraction of sp³-hybridized carbons (Fsp3) is 0.600. The zero-order valence-corrected chi connectivity index (χ0v) is 10.8. The SMILES string of the molecule is [N-]=[N+]=NC[C@]12O[C@@H](n3ccc(N)nc3=O)C(F)(F)[C@@]1(O)[C@@H]2O. The van der Waals surface area contributed by atoms with Crippen LogP contribution < -0.4 is 11.4 Å². The number of nitrogens with zero attached hydrogens (tertiary/aromatic N) is 5. The standard InChI is InChI=1S/C10H10F2N6O4/c11-10(12)6(18-2-1-4(13)16-7(18)20)22-8(3-15-17-14)5(19)9(8,10)21/h1-2,5-6,19,21H,3H2,(H2,13,16,20)/t5-,6-,8-,9-/m1/s1. The van der Waals surface area contributed by atoms with Crippen molar-refractivity contribution in [1.82, 2.24) is 9.55 Å². The average molecular weight is 316 g/mol. The van der Waals surface area contributed by atoms with Crippen LogP contribution in [0.4, 0.5) is 14.6 Å². The van der Waals surface area contributed by atoms with Crippen molar-refractivity contribution < 1.29 is 23.7 Å². The Morgan fingerprint density at radius 1 is 1.64 bits per heavy atom. The molecular formula is C10H10F2N6O4. The maximum absolute atomic E-state index is 14.4. The molecule has 2 fully saturated rings. The first-order valence-corrected chi connectivity index (χ1v) is 6.04. The number of alkyl halides is 2. The molecule has 0 aromatic carbocycles. The molecule has 2 heterocycles. The third-order valence-electron chi connectivity index (χ3n) is 4.01. The summed E-state index contributed by atoms with van der Waals surface area (Å²) in [6, 6.07) is 1.10. The van der Waals surface area contributed by atoms with Crippen LogP contribution in [0, 0.1) is 0 Å². The minimum absolute atomic E-state index is 0.171. The van der Waals surface area contributed by atoms with E-state index in [1.165, 1.54) is 0 Å². The summed E-state index contributed by atoms with van der Waals surface area (Å²) in [5, 5.41) is 22.8. The molecule has 0 radical (unpaired) electrons. The molecule has 22 heavy (non-hydrogen) atoms. The highest BCUT2D eigenvalue weighted by atomic mass is 19.3. The van der Waals surface area contributed by atoms with Crippen LogP contribution in [0.2, 0.25) is 0 Å². The molecule has 3 rings (SSSR count). The number of rotatable bonds is 3. The molecule has 118 valence electrons. The van der Waals surface area contributed by atoms with Gasteiger partial charge in [0.25, 0.3) is 0 Å². The molecule has 1 saturated carbocycles. The molecule has 1 aliphatic carbocycles. The van der Waals surface area contributed by atoms with Gasteiger partial charge in [0.1, 0.15) is 17.5 Å². The molecule has 0 spiro atoms. The van der Waals surface area contributed by atoms with E-state index in [9.17, 15) is 23.8 Å². The van der Waals surface area contributed by atoms with Crippen molar-refractivity contribution in [2.45, 2.75) is 29.5 Å². The number of hydrogen-bond acceptors (Lipinski definition) is 7. The van der Waals surface area contributed by atoms with Gasteiger partial charge in [-0.2, -0.15) is 13.8 Å². The first kappa shape index (κ1) is 14.7. The minimum atomic E-state index is -4.01. The summed E-state index contributed by atoms with van der Waals surface area (Å²) in [5.74, 6) is -4.19. The van der Waals surface area contributed by atoms with Gasteiger partial charge in [0, 0.05) is 11.1 Å². The van der Waals surface area contributed by atoms with Crippen molar-refractivity contribution in [3.05, 3.63) is 33.2 Å². The largest absolute Gasteiger partial charge is 0.387 e. The first-order valence-electron chi connectivity index (χ1n) is 6.04. The molecule has 0 amide bonds. The van der Waals surface area contributed by atoms with Crippen LogP contribution in [0.3, 0.4) is 0 Å². The van der Waals surface area contributed by atoms with E-state index in [4.69, 9.17) is 16.0 Å². The highest BCUT2D eigenvalue weighted by molar-refractivity contribution is 5.39. The fourth-order valence-corrected chi connectivity index (χ4v) is 2.77. The van der Waals surface area contributed by atoms with Gasteiger partial charge in [-0.3, -0.25) is 4.57 Å². The van der Waals surface area contributed by atoms with E-state index >= 15 is 0 Å². The van der Waals surface area contributed by atoms with Crippen molar-refractivity contribution >= 4 is 5.82 Å². The monoisotopic (exact) mass is 316 g/mol. The quantitative estimate of drug-likeness (QED) is 0.374. The Hall–Kier alpha value is -2.27. The summed E-state index contributed by atoms with van der Waals surface area (Å²) < 4.78 is 34.3. The van der Waals surface area contributed by atoms with E-state index in [-0.39, 0.29) is 5.82 Å². The van der Waals surface area contributed by atoms with Gasteiger partial charge in [-0.15, -0.1) is 0 Å². The number of aliphatic hydroxyl groups excluding tert-OH is 1. The van der Waals surface area contributed by atoms with E-state index < -0.39 is 41.7 Å². The van der Waals surface area contributed by atoms with Crippen molar-refractivity contribution in [3.8, 4) is 0 Å². The summed E-state index contributed by atoms with van der Waals surface area (Å²) in [4.78, 5) is 17.4. The second-order valence-corrected chi connectivity index (χ2v) is 5.08. The van der Waals surface area contributed by atoms with Gasteiger partial charge >= 0.3 is 11.6 Å². The van der Waals surface area contributed by atoms with Crippen LogP contribution >= 0.6 is 0 Å². The topological polar surface area (TPSA) is 159 Å². The van der Waals surface area contributed by atoms with E-state index in [0.717, 1.165) is 12.3 Å². The molecular weight excluding hydrogens is 306 g/mol. The lowest BCUT2D eigenvalue weighted by atomic mass is 10.1. The van der Waals surface area contributed by atoms with E-state index in [2.05, 4.69) is 15.0 Å². The molecule has 2 aliphatic rings. The van der Waals surface area contributed by atoms with Crippen LogP contribution in [-0.2, 0) is 4.74 Å². The van der Waals surface area contributed by atoms with Crippen molar-refractivity contribution in [1.29, 1.82) is 0 Å². The van der Waals surface area contributed by atoms with Crippen LogP contribution in [0.1, 0.15) is 6.23 Å². The Kier molecular flexibility index (Phi) is 2.76. The number of azide groups is 1. The zero-order valence-electron chi connectivity index (χ0n) is 10.8. The average Bonchev–Trinajstić information content (AvgIpc) is 2.84. The van der Waals surface area contributed by atoms with Crippen molar-refractivity contribution in [2.75, 3.05) is 12.3 Å². The number of nitrogen functional groups attached to an aromatic ring is 1. The molecule has 4 N–H and O–H groups in total. The summed E-state index contributed by atoms with van der Waals surface area (Å²) >= 11 is 0.